The molecule has 0 radical (unpaired) electrons. The molecule has 16 heavy (non-hydrogen) atoms. The van der Waals surface area contributed by atoms with Crippen LogP contribution in [0.3, 0.4) is 0 Å². The zero-order valence-electron chi connectivity index (χ0n) is 9.90. The van der Waals surface area contributed by atoms with E-state index in [1.54, 1.807) is 0 Å². The molecule has 0 amide bonds. The minimum atomic E-state index is -0.974. The lowest BCUT2D eigenvalue weighted by atomic mass is 9.63. The molecule has 1 N–H and O–H groups in total. The Bertz CT molecular complexity index is 355. The number of carbonyl (C=O) groups is 1. The third-order valence-electron chi connectivity index (χ3n) is 4.93. The fourth-order valence-corrected chi connectivity index (χ4v) is 3.51. The molecule has 4 nitrogen and oxygen atoms in total. The van der Waals surface area contributed by atoms with Crippen LogP contribution in [0.15, 0.2) is 0 Å². The molecule has 2 heterocycles. The second-order valence-electron chi connectivity index (χ2n) is 5.63. The van der Waals surface area contributed by atoms with Crippen molar-refractivity contribution in [3.8, 4) is 0 Å². The summed E-state index contributed by atoms with van der Waals surface area (Å²) in [6.07, 6.45) is 1.15. The van der Waals surface area contributed by atoms with E-state index in [1.165, 1.54) is 6.92 Å². The molecule has 0 aromatic rings. The minimum absolute atomic E-state index is 0.0465. The minimum Gasteiger partial charge on any atom is -0.393 e. The molecule has 0 aromatic heterocycles. The molecular weight excluding hydrogens is 208 g/mol. The summed E-state index contributed by atoms with van der Waals surface area (Å²) in [7, 11) is 0. The summed E-state index contributed by atoms with van der Waals surface area (Å²) in [6, 6.07) is 0. The van der Waals surface area contributed by atoms with Gasteiger partial charge in [0.05, 0.1) is 12.2 Å². The van der Waals surface area contributed by atoms with E-state index in [1.807, 2.05) is 6.92 Å². The summed E-state index contributed by atoms with van der Waals surface area (Å²) in [4.78, 5) is 11.6. The molecule has 0 unspecified atom stereocenters. The van der Waals surface area contributed by atoms with Crippen molar-refractivity contribution in [2.75, 3.05) is 0 Å². The van der Waals surface area contributed by atoms with Crippen molar-refractivity contribution in [1.29, 1.82) is 0 Å². The van der Waals surface area contributed by atoms with E-state index in [2.05, 4.69) is 6.92 Å². The van der Waals surface area contributed by atoms with E-state index in [0.717, 1.165) is 12.8 Å². The van der Waals surface area contributed by atoms with Crippen LogP contribution in [0.5, 0.6) is 0 Å². The van der Waals surface area contributed by atoms with E-state index in [4.69, 9.17) is 9.47 Å². The zero-order valence-corrected chi connectivity index (χ0v) is 9.90. The third-order valence-corrected chi connectivity index (χ3v) is 4.93. The van der Waals surface area contributed by atoms with E-state index in [-0.39, 0.29) is 35.4 Å². The maximum Gasteiger partial charge on any atom is 0.257 e. The number of epoxide rings is 1. The average molecular weight is 226 g/mol. The largest absolute Gasteiger partial charge is 0.393 e. The van der Waals surface area contributed by atoms with Gasteiger partial charge in [0.2, 0.25) is 0 Å². The van der Waals surface area contributed by atoms with Crippen LogP contribution in [0.1, 0.15) is 33.6 Å². The predicted octanol–water partition coefficient (Wildman–Crippen LogP) is 0.866. The topological polar surface area (TPSA) is 59.1 Å². The summed E-state index contributed by atoms with van der Waals surface area (Å²) < 4.78 is 11.3. The molecule has 0 bridgehead atoms. The second-order valence-corrected chi connectivity index (χ2v) is 5.63. The maximum atomic E-state index is 11.6. The molecule has 6 atom stereocenters. The Labute approximate surface area is 94.9 Å². The molecule has 1 aliphatic carbocycles. The SMILES string of the molecule is CC(=O)[C@]12O[C@H]3CC[C@H](O)[C@H](C)[C@@]3(C)[C@H]1O2. The fraction of sp³-hybridized carbons (Fsp3) is 0.917. The van der Waals surface area contributed by atoms with Crippen LogP contribution in [-0.2, 0) is 14.3 Å². The maximum absolute atomic E-state index is 11.6. The smallest absolute Gasteiger partial charge is 0.257 e. The van der Waals surface area contributed by atoms with E-state index in [9.17, 15) is 9.90 Å². The quantitative estimate of drug-likeness (QED) is 0.674. The first kappa shape index (κ1) is 10.7. The van der Waals surface area contributed by atoms with Gasteiger partial charge in [-0.1, -0.05) is 13.8 Å². The Morgan fingerprint density at radius 1 is 1.38 bits per heavy atom. The number of aliphatic hydroxyl groups is 1. The summed E-state index contributed by atoms with van der Waals surface area (Å²) >= 11 is 0. The Balaban J connectivity index is 1.96. The first-order valence-corrected chi connectivity index (χ1v) is 5.97. The van der Waals surface area contributed by atoms with Crippen LogP contribution < -0.4 is 0 Å². The van der Waals surface area contributed by atoms with Crippen molar-refractivity contribution in [2.45, 2.75) is 57.7 Å². The van der Waals surface area contributed by atoms with Crippen molar-refractivity contribution in [2.24, 2.45) is 11.3 Å². The monoisotopic (exact) mass is 226 g/mol. The number of fused-ring (bicyclic) bond motifs is 3. The summed E-state index contributed by atoms with van der Waals surface area (Å²) in [6.45, 7) is 5.62. The Morgan fingerprint density at radius 2 is 2.06 bits per heavy atom. The molecule has 1 saturated carbocycles. The first-order chi connectivity index (χ1) is 7.43. The molecule has 2 aliphatic heterocycles. The van der Waals surface area contributed by atoms with Gasteiger partial charge in [0.15, 0.2) is 5.78 Å². The molecule has 4 heteroatoms. The fourth-order valence-electron chi connectivity index (χ4n) is 3.51. The Morgan fingerprint density at radius 3 is 2.69 bits per heavy atom. The molecule has 90 valence electrons. The molecule has 0 spiro atoms. The molecule has 3 fully saturated rings. The Kier molecular flexibility index (Phi) is 1.91. The van der Waals surface area contributed by atoms with Crippen LogP contribution in [0.25, 0.3) is 0 Å². The van der Waals surface area contributed by atoms with E-state index < -0.39 is 5.79 Å². The van der Waals surface area contributed by atoms with Gasteiger partial charge in [0.1, 0.15) is 6.10 Å². The summed E-state index contributed by atoms with van der Waals surface area (Å²) in [5, 5.41) is 9.95. The molecular formula is C12H18O4. The van der Waals surface area contributed by atoms with Gasteiger partial charge in [-0.25, -0.2) is 0 Å². The highest BCUT2D eigenvalue weighted by molar-refractivity contribution is 5.87. The van der Waals surface area contributed by atoms with Crippen molar-refractivity contribution in [3.63, 3.8) is 0 Å². The van der Waals surface area contributed by atoms with Crippen LogP contribution >= 0.6 is 0 Å². The highest BCUT2D eigenvalue weighted by Crippen LogP contribution is 2.64. The van der Waals surface area contributed by atoms with Gasteiger partial charge >= 0.3 is 0 Å². The number of hydrogen-bond donors (Lipinski definition) is 1. The number of carbonyl (C=O) groups excluding carboxylic acids is 1. The van der Waals surface area contributed by atoms with Gasteiger partial charge in [-0.15, -0.1) is 0 Å². The first-order valence-electron chi connectivity index (χ1n) is 5.97. The number of hydrogen-bond acceptors (Lipinski definition) is 4. The van der Waals surface area contributed by atoms with Crippen molar-refractivity contribution in [1.82, 2.24) is 0 Å². The lowest BCUT2D eigenvalue weighted by Crippen LogP contribution is -2.49. The number of aliphatic hydroxyl groups excluding tert-OH is 1. The standard InChI is InChI=1S/C12H18O4/c1-6-8(14)4-5-9-11(6,3)10-12(15-9,16-10)7(2)13/h6,8-10,14H,4-5H2,1-3H3/t6-,8-,9-,10+,11+,12+/m0/s1. The number of rotatable bonds is 1. The van der Waals surface area contributed by atoms with Gasteiger partial charge < -0.3 is 14.6 Å². The van der Waals surface area contributed by atoms with Crippen LogP contribution in [-0.4, -0.2) is 35.0 Å². The van der Waals surface area contributed by atoms with Crippen LogP contribution in [0.4, 0.5) is 0 Å². The van der Waals surface area contributed by atoms with Gasteiger partial charge in [0, 0.05) is 12.3 Å². The summed E-state index contributed by atoms with van der Waals surface area (Å²) in [5.41, 5.74) is -0.219. The second kappa shape index (κ2) is 2.86. The van der Waals surface area contributed by atoms with Gasteiger partial charge in [-0.2, -0.15) is 0 Å². The highest BCUT2D eigenvalue weighted by Gasteiger charge is 2.79. The van der Waals surface area contributed by atoms with Gasteiger partial charge in [-0.3, -0.25) is 4.79 Å². The van der Waals surface area contributed by atoms with Crippen molar-refractivity contribution in [3.05, 3.63) is 0 Å². The normalized spacial score (nSPS) is 59.0. The Hall–Kier alpha value is -0.450. The number of ketones is 1. The van der Waals surface area contributed by atoms with Gasteiger partial charge in [-0.05, 0) is 18.8 Å². The highest BCUT2D eigenvalue weighted by atomic mass is 16.8. The molecule has 3 rings (SSSR count). The molecule has 2 saturated heterocycles. The van der Waals surface area contributed by atoms with Crippen molar-refractivity contribution >= 4 is 5.78 Å². The molecule has 0 aromatic carbocycles. The number of Topliss-reactive ketones (excluding diaryl/α,β-unsaturated/α-hetero) is 1. The average Bonchev–Trinajstić information content (AvgIpc) is 2.91. The third kappa shape index (κ3) is 0.985. The van der Waals surface area contributed by atoms with Crippen LogP contribution in [0, 0.1) is 11.3 Å². The summed E-state index contributed by atoms with van der Waals surface area (Å²) in [5.74, 6) is -0.910. The van der Waals surface area contributed by atoms with Crippen LogP contribution in [0.2, 0.25) is 0 Å². The lowest BCUT2D eigenvalue weighted by molar-refractivity contribution is -0.175. The van der Waals surface area contributed by atoms with E-state index in [0.29, 0.717) is 0 Å². The van der Waals surface area contributed by atoms with Gasteiger partial charge in [0.25, 0.3) is 5.79 Å². The zero-order chi connectivity index (χ0) is 11.7. The van der Waals surface area contributed by atoms with Crippen molar-refractivity contribution < 1.29 is 19.4 Å². The van der Waals surface area contributed by atoms with E-state index >= 15 is 0 Å². The molecule has 3 aliphatic rings. The number of ether oxygens (including phenoxy) is 2. The lowest BCUT2D eigenvalue weighted by Gasteiger charge is -2.44. The predicted molar refractivity (Wildman–Crippen MR) is 55.7 cm³/mol.